The molecule has 0 fully saturated rings. The maximum Gasteiger partial charge on any atom is 0.328 e. The summed E-state index contributed by atoms with van der Waals surface area (Å²) in [6, 6.07) is 9.10. The lowest BCUT2D eigenvalue weighted by molar-refractivity contribution is -0.134. The highest BCUT2D eigenvalue weighted by Crippen LogP contribution is 2.30. The van der Waals surface area contributed by atoms with Gasteiger partial charge in [-0.25, -0.2) is 26.4 Å². The Morgan fingerprint density at radius 3 is 2.35 bits per heavy atom. The van der Waals surface area contributed by atoms with Crippen LogP contribution in [0.5, 0.6) is 0 Å². The molecule has 2 heterocycles. The number of pyridine rings is 1. The Hall–Kier alpha value is -3.87. The van der Waals surface area contributed by atoms with E-state index in [2.05, 4.69) is 10.3 Å². The quantitative estimate of drug-likeness (QED) is 0.345. The Balaban J connectivity index is 0.000000440. The summed E-state index contributed by atoms with van der Waals surface area (Å²) in [5.41, 5.74) is 1.08. The molecule has 12 heteroatoms. The predicted octanol–water partition coefficient (Wildman–Crippen LogP) is 1.85. The second-order valence-electron chi connectivity index (χ2n) is 6.70. The molecule has 0 aliphatic heterocycles. The third kappa shape index (κ3) is 6.57. The smallest absolute Gasteiger partial charge is 0.328 e. The maximum atomic E-state index is 14.7. The molecule has 0 atom stereocenters. The lowest BCUT2D eigenvalue weighted by Gasteiger charge is -2.12. The molecule has 180 valence electrons. The number of carboxylic acid groups (broad SMARTS) is 2. The minimum absolute atomic E-state index is 0.00609. The van der Waals surface area contributed by atoms with Crippen LogP contribution in [0.2, 0.25) is 0 Å². The van der Waals surface area contributed by atoms with Crippen LogP contribution in [0.15, 0.2) is 72.0 Å². The van der Waals surface area contributed by atoms with Crippen molar-refractivity contribution in [2.75, 3.05) is 7.05 Å². The van der Waals surface area contributed by atoms with Crippen LogP contribution >= 0.6 is 0 Å². The van der Waals surface area contributed by atoms with Crippen LogP contribution in [-0.4, -0.2) is 51.7 Å². The number of nitrogens with one attached hydrogen (secondary N) is 1. The number of aliphatic carboxylic acids is 2. The molecule has 0 aliphatic carbocycles. The Kier molecular flexibility index (Phi) is 9.18. The van der Waals surface area contributed by atoms with E-state index in [4.69, 9.17) is 10.2 Å². The third-order valence-corrected chi connectivity index (χ3v) is 5.97. The zero-order chi connectivity index (χ0) is 25.3. The van der Waals surface area contributed by atoms with Gasteiger partial charge in [-0.3, -0.25) is 4.98 Å². The molecule has 0 spiro atoms. The largest absolute Gasteiger partial charge is 0.478 e. The monoisotopic (exact) mass is 491 g/mol. The molecule has 0 unspecified atom stereocenters. The number of hydrogen-bond acceptors (Lipinski definition) is 7. The number of benzene rings is 1. The van der Waals surface area contributed by atoms with Crippen LogP contribution < -0.4 is 5.32 Å². The summed E-state index contributed by atoms with van der Waals surface area (Å²) in [4.78, 5) is 23.0. The third-order valence-electron chi connectivity index (χ3n) is 4.31. The first-order valence-corrected chi connectivity index (χ1v) is 11.1. The number of rotatable bonds is 8. The van der Waals surface area contributed by atoms with Gasteiger partial charge in [0.15, 0.2) is 0 Å². The van der Waals surface area contributed by atoms with Crippen molar-refractivity contribution in [1.82, 2.24) is 14.3 Å². The molecular weight excluding hydrogens is 469 g/mol. The van der Waals surface area contributed by atoms with E-state index in [1.165, 1.54) is 42.9 Å². The van der Waals surface area contributed by atoms with E-state index >= 15 is 0 Å². The van der Waals surface area contributed by atoms with Gasteiger partial charge >= 0.3 is 11.9 Å². The van der Waals surface area contributed by atoms with E-state index in [0.29, 0.717) is 24.3 Å². The Morgan fingerprint density at radius 2 is 1.82 bits per heavy atom. The van der Waals surface area contributed by atoms with Crippen molar-refractivity contribution < 1.29 is 37.7 Å². The van der Waals surface area contributed by atoms with E-state index in [0.717, 1.165) is 3.97 Å². The highest BCUT2D eigenvalue weighted by atomic mass is 32.2. The lowest BCUT2D eigenvalue weighted by atomic mass is 10.1. The fourth-order valence-electron chi connectivity index (χ4n) is 2.85. The molecule has 3 aromatic rings. The van der Waals surface area contributed by atoms with Crippen LogP contribution in [0.25, 0.3) is 11.3 Å². The molecule has 1 aromatic carbocycles. The number of hydrogen-bond donors (Lipinski definition) is 4. The van der Waals surface area contributed by atoms with Crippen molar-refractivity contribution in [3.63, 3.8) is 0 Å². The number of carboxylic acids is 2. The average Bonchev–Trinajstić information content (AvgIpc) is 3.24. The van der Waals surface area contributed by atoms with E-state index in [9.17, 15) is 27.5 Å². The number of carbonyl (C=O) groups is 2. The fourth-order valence-corrected chi connectivity index (χ4v) is 4.20. The molecule has 0 amide bonds. The van der Waals surface area contributed by atoms with E-state index in [1.807, 2.05) is 0 Å². The zero-order valence-electron chi connectivity index (χ0n) is 17.9. The molecule has 2 aromatic heterocycles. The van der Waals surface area contributed by atoms with Gasteiger partial charge in [0.25, 0.3) is 10.0 Å². The Labute approximate surface area is 194 Å². The Morgan fingerprint density at radius 1 is 1.15 bits per heavy atom. The highest BCUT2D eigenvalue weighted by Gasteiger charge is 2.24. The highest BCUT2D eigenvalue weighted by molar-refractivity contribution is 7.90. The summed E-state index contributed by atoms with van der Waals surface area (Å²) in [5, 5.41) is 27.9. The van der Waals surface area contributed by atoms with Gasteiger partial charge in [0.05, 0.1) is 12.3 Å². The van der Waals surface area contributed by atoms with Gasteiger partial charge in [-0.15, -0.1) is 0 Å². The number of aromatic nitrogens is 2. The van der Waals surface area contributed by atoms with Crippen molar-refractivity contribution in [2.24, 2.45) is 0 Å². The summed E-state index contributed by atoms with van der Waals surface area (Å²) < 4.78 is 41.9. The van der Waals surface area contributed by atoms with Gasteiger partial charge in [0.2, 0.25) is 0 Å². The molecule has 0 saturated carbocycles. The first-order chi connectivity index (χ1) is 16.1. The molecule has 0 bridgehead atoms. The number of aliphatic hydroxyl groups is 1. The second-order valence-corrected chi connectivity index (χ2v) is 8.52. The van der Waals surface area contributed by atoms with Crippen molar-refractivity contribution in [1.29, 1.82) is 0 Å². The summed E-state index contributed by atoms with van der Waals surface area (Å²) in [7, 11) is -2.22. The summed E-state index contributed by atoms with van der Waals surface area (Å²) >= 11 is 0. The van der Waals surface area contributed by atoms with Crippen molar-refractivity contribution >= 4 is 22.0 Å². The molecule has 0 saturated heterocycles. The molecule has 3 rings (SSSR count). The standard InChI is InChI=1S/C18H18FN3O3S.C4H4O4/c1-20-9-13-8-17(16-6-2-4-14(12-23)18(16)19)22(11-13)26(24,25)15-5-3-7-21-10-15;5-3(6)1-2-4(7)8/h2-8,10-11,20,23H,9,12H2,1H3;1-2H,(H,5,6)(H,7,8). The minimum atomic E-state index is -3.95. The SMILES string of the molecule is CNCc1cc(-c2cccc(CO)c2F)n(S(=O)(=O)c2cccnc2)c1.O=C(O)C=CC(=O)O. The van der Waals surface area contributed by atoms with Gasteiger partial charge in [-0.1, -0.05) is 12.1 Å². The summed E-state index contributed by atoms with van der Waals surface area (Å²) in [6.45, 7) is -0.0526. The van der Waals surface area contributed by atoms with E-state index in [-0.39, 0.29) is 21.7 Å². The van der Waals surface area contributed by atoms with Gasteiger partial charge < -0.3 is 20.6 Å². The molecule has 34 heavy (non-hydrogen) atoms. The van der Waals surface area contributed by atoms with Gasteiger partial charge in [0.1, 0.15) is 10.7 Å². The van der Waals surface area contributed by atoms with Crippen LogP contribution in [-0.2, 0) is 32.8 Å². The van der Waals surface area contributed by atoms with Crippen LogP contribution in [0.4, 0.5) is 4.39 Å². The lowest BCUT2D eigenvalue weighted by Crippen LogP contribution is -2.14. The van der Waals surface area contributed by atoms with Gasteiger partial charge in [0, 0.05) is 48.4 Å². The second kappa shape index (κ2) is 11.8. The van der Waals surface area contributed by atoms with E-state index < -0.39 is 34.4 Å². The molecular formula is C22H22FN3O7S. The molecule has 0 aliphatic rings. The summed E-state index contributed by atoms with van der Waals surface area (Å²) in [6.07, 6.45) is 5.30. The Bertz CT molecular complexity index is 1270. The van der Waals surface area contributed by atoms with Crippen molar-refractivity contribution in [3.05, 3.63) is 84.1 Å². The van der Waals surface area contributed by atoms with Crippen LogP contribution in [0.3, 0.4) is 0 Å². The first-order valence-electron chi connectivity index (χ1n) is 9.65. The average molecular weight is 491 g/mol. The minimum Gasteiger partial charge on any atom is -0.478 e. The fraction of sp³-hybridized carbons (Fsp3) is 0.136. The molecule has 10 nitrogen and oxygen atoms in total. The number of halogens is 1. The topological polar surface area (TPSA) is 159 Å². The zero-order valence-corrected chi connectivity index (χ0v) is 18.7. The first kappa shape index (κ1) is 26.4. The summed E-state index contributed by atoms with van der Waals surface area (Å²) in [5.74, 6) is -3.16. The predicted molar refractivity (Wildman–Crippen MR) is 120 cm³/mol. The number of nitrogens with zero attached hydrogens (tertiary/aromatic N) is 2. The van der Waals surface area contributed by atoms with Crippen molar-refractivity contribution in [3.8, 4) is 11.3 Å². The van der Waals surface area contributed by atoms with Gasteiger partial charge in [-0.2, -0.15) is 0 Å². The number of aliphatic hydroxyl groups excluding tert-OH is 1. The van der Waals surface area contributed by atoms with E-state index in [1.54, 1.807) is 19.2 Å². The molecule has 4 N–H and O–H groups in total. The normalized spacial score (nSPS) is 11.1. The van der Waals surface area contributed by atoms with Crippen LogP contribution in [0, 0.1) is 5.82 Å². The van der Waals surface area contributed by atoms with Crippen molar-refractivity contribution in [2.45, 2.75) is 18.0 Å². The van der Waals surface area contributed by atoms with Gasteiger partial charge in [-0.05, 0) is 36.9 Å². The van der Waals surface area contributed by atoms with Crippen LogP contribution in [0.1, 0.15) is 11.1 Å². The molecule has 0 radical (unpaired) electrons. The maximum absolute atomic E-state index is 14.7.